The number of carbonyl (C=O) groups is 5. The lowest BCUT2D eigenvalue weighted by molar-refractivity contribution is -0.137. The lowest BCUT2D eigenvalue weighted by Crippen LogP contribution is -2.52. The van der Waals surface area contributed by atoms with E-state index >= 15 is 0 Å². The van der Waals surface area contributed by atoms with E-state index in [1.54, 1.807) is 36.1 Å². The van der Waals surface area contributed by atoms with Crippen molar-refractivity contribution in [3.8, 4) is 33.6 Å². The number of imidazole rings is 1. The number of hydrogen-bond donors (Lipinski definition) is 2. The van der Waals surface area contributed by atoms with E-state index < -0.39 is 11.9 Å². The standard InChI is InChI=1S/C43H40N10O5/c1-3-38-48-40(37-24-50(25(2)54)16-17-52(37)38)30-8-4-6-26-18-35(46-21-32(26)30)27-10-11-34(45-19-27)41(56)44-14-15-51-22-28(20-47-51)29-7-5-9-31-33(29)23-53(43(31)58)36-12-13-39(55)49-42(36)57/h4-11,18-22,36H,3,12-17,23-24H2,1-2H3,(H,44,56)(H,49,55,57). The third kappa shape index (κ3) is 6.57. The molecule has 2 N–H and O–H groups in total. The highest BCUT2D eigenvalue weighted by molar-refractivity contribution is 6.06. The maximum atomic E-state index is 13.3. The van der Waals surface area contributed by atoms with Gasteiger partial charge >= 0.3 is 0 Å². The van der Waals surface area contributed by atoms with Crippen LogP contribution in [0.3, 0.4) is 0 Å². The SMILES string of the molecule is CCc1nc(-c2cccc3cc(-c4ccc(C(=O)NCCn5cc(-c6cccc7c6CN(C6CCC(=O)NC6=O)C7=O)cn5)nc4)ncc23)c2n1CCN(C(C)=O)C2. The van der Waals surface area contributed by atoms with Crippen molar-refractivity contribution in [1.82, 2.24) is 49.7 Å². The zero-order valence-corrected chi connectivity index (χ0v) is 32.1. The molecule has 0 radical (unpaired) electrons. The van der Waals surface area contributed by atoms with Crippen molar-refractivity contribution in [3.05, 3.63) is 108 Å². The molecule has 15 nitrogen and oxygen atoms in total. The molecule has 4 aromatic heterocycles. The second-order valence-electron chi connectivity index (χ2n) is 14.8. The van der Waals surface area contributed by atoms with Crippen LogP contribution < -0.4 is 10.6 Å². The maximum Gasteiger partial charge on any atom is 0.269 e. The van der Waals surface area contributed by atoms with Gasteiger partial charge in [-0.05, 0) is 47.2 Å². The number of benzene rings is 2. The minimum atomic E-state index is -0.691. The van der Waals surface area contributed by atoms with Crippen molar-refractivity contribution < 1.29 is 24.0 Å². The Balaban J connectivity index is 0.845. The molecular weight excluding hydrogens is 737 g/mol. The van der Waals surface area contributed by atoms with E-state index in [-0.39, 0.29) is 42.3 Å². The van der Waals surface area contributed by atoms with Crippen molar-refractivity contribution in [2.45, 2.75) is 65.3 Å². The van der Waals surface area contributed by atoms with Crippen molar-refractivity contribution in [1.29, 1.82) is 0 Å². The van der Waals surface area contributed by atoms with Crippen molar-refractivity contribution in [3.63, 3.8) is 0 Å². The Kier molecular flexibility index (Phi) is 9.34. The summed E-state index contributed by atoms with van der Waals surface area (Å²) in [4.78, 5) is 80.4. The fourth-order valence-electron chi connectivity index (χ4n) is 8.27. The molecule has 3 aliphatic rings. The summed E-state index contributed by atoms with van der Waals surface area (Å²) in [5.74, 6) is -0.260. The Morgan fingerprint density at radius 3 is 2.53 bits per heavy atom. The van der Waals surface area contributed by atoms with Crippen LogP contribution in [0, 0.1) is 0 Å². The molecule has 1 saturated heterocycles. The van der Waals surface area contributed by atoms with Gasteiger partial charge in [-0.3, -0.25) is 43.9 Å². The first-order valence-corrected chi connectivity index (χ1v) is 19.4. The number of hydrogen-bond acceptors (Lipinski definition) is 9. The Hall–Kier alpha value is -7.03. The van der Waals surface area contributed by atoms with Gasteiger partial charge in [-0.1, -0.05) is 37.3 Å². The van der Waals surface area contributed by atoms with E-state index in [2.05, 4.69) is 38.3 Å². The number of fused-ring (bicyclic) bond motifs is 3. The number of nitrogens with zero attached hydrogens (tertiary/aromatic N) is 8. The monoisotopic (exact) mass is 776 g/mol. The van der Waals surface area contributed by atoms with Crippen LogP contribution in [-0.4, -0.2) is 87.8 Å². The Bertz CT molecular complexity index is 2660. The zero-order chi connectivity index (χ0) is 40.1. The molecule has 7 heterocycles. The van der Waals surface area contributed by atoms with E-state index in [4.69, 9.17) is 9.97 Å². The molecule has 0 bridgehead atoms. The first-order valence-electron chi connectivity index (χ1n) is 19.4. The van der Waals surface area contributed by atoms with E-state index in [9.17, 15) is 24.0 Å². The van der Waals surface area contributed by atoms with Crippen LogP contribution in [0.4, 0.5) is 0 Å². The number of imide groups is 1. The number of amides is 5. The quantitative estimate of drug-likeness (QED) is 0.204. The fraction of sp³-hybridized carbons (Fsp3) is 0.279. The molecular formula is C43H40N10O5. The van der Waals surface area contributed by atoms with Crippen LogP contribution >= 0.6 is 0 Å². The van der Waals surface area contributed by atoms with Gasteiger partial charge in [0.05, 0.1) is 36.4 Å². The molecule has 6 aromatic rings. The molecule has 0 saturated carbocycles. The van der Waals surface area contributed by atoms with E-state index in [1.165, 1.54) is 4.90 Å². The summed E-state index contributed by atoms with van der Waals surface area (Å²) >= 11 is 0. The molecule has 0 spiro atoms. The third-order valence-electron chi connectivity index (χ3n) is 11.3. The van der Waals surface area contributed by atoms with E-state index in [1.807, 2.05) is 53.7 Å². The van der Waals surface area contributed by atoms with Gasteiger partial charge in [0.1, 0.15) is 17.6 Å². The second-order valence-corrected chi connectivity index (χ2v) is 14.8. The zero-order valence-electron chi connectivity index (χ0n) is 32.1. The predicted molar refractivity (Wildman–Crippen MR) is 213 cm³/mol. The summed E-state index contributed by atoms with van der Waals surface area (Å²) in [6.07, 6.45) is 8.36. The topological polar surface area (TPSA) is 177 Å². The number of aromatic nitrogens is 6. The number of pyridine rings is 2. The molecule has 5 amide bonds. The van der Waals surface area contributed by atoms with E-state index in [0.717, 1.165) is 74.5 Å². The molecule has 292 valence electrons. The van der Waals surface area contributed by atoms with Crippen LogP contribution in [0.15, 0.2) is 79.4 Å². The van der Waals surface area contributed by atoms with Crippen LogP contribution in [0.2, 0.25) is 0 Å². The Labute approximate surface area is 333 Å². The molecule has 2 aromatic carbocycles. The van der Waals surface area contributed by atoms with Gasteiger partial charge in [-0.2, -0.15) is 5.10 Å². The number of nitrogens with one attached hydrogen (secondary N) is 2. The van der Waals surface area contributed by atoms with Crippen LogP contribution in [-0.2, 0) is 47.0 Å². The smallest absolute Gasteiger partial charge is 0.269 e. The van der Waals surface area contributed by atoms with Gasteiger partial charge < -0.3 is 19.7 Å². The van der Waals surface area contributed by atoms with Gasteiger partial charge in [-0.15, -0.1) is 0 Å². The first kappa shape index (κ1) is 36.6. The number of piperidine rings is 1. The van der Waals surface area contributed by atoms with Gasteiger partial charge in [0.2, 0.25) is 17.7 Å². The number of rotatable bonds is 9. The van der Waals surface area contributed by atoms with E-state index in [0.29, 0.717) is 38.2 Å². The predicted octanol–water partition coefficient (Wildman–Crippen LogP) is 4.14. The van der Waals surface area contributed by atoms with Crippen LogP contribution in [0.5, 0.6) is 0 Å². The minimum Gasteiger partial charge on any atom is -0.349 e. The summed E-state index contributed by atoms with van der Waals surface area (Å²) in [5, 5.41) is 11.7. The largest absolute Gasteiger partial charge is 0.349 e. The molecule has 3 aliphatic heterocycles. The molecule has 0 aliphatic carbocycles. The molecule has 9 rings (SSSR count). The summed E-state index contributed by atoms with van der Waals surface area (Å²) < 4.78 is 3.97. The lowest BCUT2D eigenvalue weighted by atomic mass is 9.99. The third-order valence-corrected chi connectivity index (χ3v) is 11.3. The van der Waals surface area contributed by atoms with Crippen molar-refractivity contribution in [2.75, 3.05) is 13.1 Å². The first-order chi connectivity index (χ1) is 28.2. The van der Waals surface area contributed by atoms with Gasteiger partial charge in [0.25, 0.3) is 11.8 Å². The summed E-state index contributed by atoms with van der Waals surface area (Å²) in [5.41, 5.74) is 7.65. The highest BCUT2D eigenvalue weighted by Gasteiger charge is 2.40. The van der Waals surface area contributed by atoms with Crippen LogP contribution in [0.25, 0.3) is 44.4 Å². The molecule has 15 heteroatoms. The summed E-state index contributed by atoms with van der Waals surface area (Å²) in [6, 6.07) is 16.4. The molecule has 58 heavy (non-hydrogen) atoms. The molecule has 1 fully saturated rings. The minimum absolute atomic E-state index is 0.0540. The summed E-state index contributed by atoms with van der Waals surface area (Å²) in [7, 11) is 0. The molecule has 1 atom stereocenters. The van der Waals surface area contributed by atoms with Crippen LogP contribution in [0.1, 0.15) is 64.6 Å². The van der Waals surface area contributed by atoms with Crippen molar-refractivity contribution >= 4 is 40.3 Å². The highest BCUT2D eigenvalue weighted by atomic mass is 16.2. The Morgan fingerprint density at radius 2 is 1.74 bits per heavy atom. The highest BCUT2D eigenvalue weighted by Crippen LogP contribution is 2.36. The number of carbonyl (C=O) groups excluding carboxylic acids is 5. The van der Waals surface area contributed by atoms with Gasteiger partial charge in [-0.25, -0.2) is 4.98 Å². The Morgan fingerprint density at radius 1 is 0.914 bits per heavy atom. The fourth-order valence-corrected chi connectivity index (χ4v) is 8.27. The van der Waals surface area contributed by atoms with Crippen molar-refractivity contribution in [2.24, 2.45) is 0 Å². The lowest BCUT2D eigenvalue weighted by Gasteiger charge is -2.29. The maximum absolute atomic E-state index is 13.3. The van der Waals surface area contributed by atoms with Gasteiger partial charge in [0, 0.05) is 92.2 Å². The average Bonchev–Trinajstić information content (AvgIpc) is 3.96. The normalized spacial score (nSPS) is 16.4. The number of aryl methyl sites for hydroxylation is 1. The average molecular weight is 777 g/mol. The second kappa shape index (κ2) is 14.8. The molecule has 1 unspecified atom stereocenters. The summed E-state index contributed by atoms with van der Waals surface area (Å²) in [6.45, 7) is 6.59. The van der Waals surface area contributed by atoms with Gasteiger partial charge in [0.15, 0.2) is 0 Å².